The van der Waals surface area contributed by atoms with Crippen LogP contribution in [0.15, 0.2) is 12.4 Å². The summed E-state index contributed by atoms with van der Waals surface area (Å²) in [6.07, 6.45) is 3.86. The number of aliphatic hydroxyl groups excluding tert-OH is 1. The molecule has 0 bridgehead atoms. The zero-order valence-electron chi connectivity index (χ0n) is 14.9. The van der Waals surface area contributed by atoms with Gasteiger partial charge in [-0.1, -0.05) is 0 Å². The van der Waals surface area contributed by atoms with Gasteiger partial charge in [-0.3, -0.25) is 14.5 Å². The minimum Gasteiger partial charge on any atom is -0.394 e. The standard InChI is InChI=1S/C17H28N6O/c1-14-16(15(2)23(19-14)10-11-24)12-21-6-8-22(9-7-21)13-17-18-4-5-20(17)3/h4-5,24H,6-13H2,1-3H3. The first-order chi connectivity index (χ1) is 11.6. The van der Waals surface area contributed by atoms with Crippen molar-refractivity contribution < 1.29 is 5.11 Å². The molecule has 7 heteroatoms. The topological polar surface area (TPSA) is 62.4 Å². The average Bonchev–Trinajstić information content (AvgIpc) is 3.08. The summed E-state index contributed by atoms with van der Waals surface area (Å²) < 4.78 is 4.01. The predicted octanol–water partition coefficient (Wildman–Crippen LogP) is 0.544. The van der Waals surface area contributed by atoms with E-state index in [1.54, 1.807) is 0 Å². The van der Waals surface area contributed by atoms with Gasteiger partial charge in [0.1, 0.15) is 5.82 Å². The molecule has 24 heavy (non-hydrogen) atoms. The van der Waals surface area contributed by atoms with Crippen molar-refractivity contribution in [3.05, 3.63) is 35.2 Å². The number of hydrogen-bond acceptors (Lipinski definition) is 5. The Hall–Kier alpha value is -1.70. The minimum absolute atomic E-state index is 0.132. The highest BCUT2D eigenvalue weighted by Crippen LogP contribution is 2.17. The van der Waals surface area contributed by atoms with Gasteiger partial charge in [-0.25, -0.2) is 4.98 Å². The van der Waals surface area contributed by atoms with Crippen molar-refractivity contribution >= 4 is 0 Å². The quantitative estimate of drug-likeness (QED) is 0.837. The van der Waals surface area contributed by atoms with Gasteiger partial charge in [0.25, 0.3) is 0 Å². The number of aromatic nitrogens is 4. The lowest BCUT2D eigenvalue weighted by Crippen LogP contribution is -2.45. The van der Waals surface area contributed by atoms with Crippen LogP contribution in [0.4, 0.5) is 0 Å². The lowest BCUT2D eigenvalue weighted by Gasteiger charge is -2.34. The molecule has 1 N–H and O–H groups in total. The summed E-state index contributed by atoms with van der Waals surface area (Å²) in [7, 11) is 2.05. The van der Waals surface area contributed by atoms with Gasteiger partial charge in [0, 0.05) is 63.4 Å². The van der Waals surface area contributed by atoms with Crippen molar-refractivity contribution in [2.75, 3.05) is 32.8 Å². The molecule has 1 aliphatic heterocycles. The lowest BCUT2D eigenvalue weighted by atomic mass is 10.1. The summed E-state index contributed by atoms with van der Waals surface area (Å²) in [5, 5.41) is 13.7. The number of nitrogens with zero attached hydrogens (tertiary/aromatic N) is 6. The molecule has 7 nitrogen and oxygen atoms in total. The zero-order chi connectivity index (χ0) is 17.1. The van der Waals surface area contributed by atoms with Gasteiger partial charge in [-0.05, 0) is 13.8 Å². The predicted molar refractivity (Wildman–Crippen MR) is 92.5 cm³/mol. The van der Waals surface area contributed by atoms with Crippen LogP contribution in [-0.2, 0) is 26.7 Å². The van der Waals surface area contributed by atoms with E-state index in [0.29, 0.717) is 6.54 Å². The third kappa shape index (κ3) is 3.68. The first kappa shape index (κ1) is 17.1. The first-order valence-electron chi connectivity index (χ1n) is 8.63. The van der Waals surface area contributed by atoms with Crippen LogP contribution in [-0.4, -0.2) is 67.0 Å². The molecule has 2 aromatic rings. The summed E-state index contributed by atoms with van der Waals surface area (Å²) in [5.74, 6) is 1.13. The van der Waals surface area contributed by atoms with Crippen molar-refractivity contribution in [3.8, 4) is 0 Å². The highest BCUT2D eigenvalue weighted by atomic mass is 16.3. The van der Waals surface area contributed by atoms with Gasteiger partial charge >= 0.3 is 0 Å². The molecule has 0 aromatic carbocycles. The van der Waals surface area contributed by atoms with E-state index < -0.39 is 0 Å². The second-order valence-corrected chi connectivity index (χ2v) is 6.60. The monoisotopic (exact) mass is 332 g/mol. The van der Waals surface area contributed by atoms with Gasteiger partial charge in [0.15, 0.2) is 0 Å². The third-order valence-corrected chi connectivity index (χ3v) is 4.98. The van der Waals surface area contributed by atoms with Crippen LogP contribution in [0.1, 0.15) is 22.8 Å². The highest BCUT2D eigenvalue weighted by Gasteiger charge is 2.21. The molecule has 132 valence electrons. The minimum atomic E-state index is 0.132. The molecule has 0 atom stereocenters. The fourth-order valence-electron chi connectivity index (χ4n) is 3.35. The number of rotatable bonds is 6. The molecule has 2 aromatic heterocycles. The second kappa shape index (κ2) is 7.46. The molecule has 0 radical (unpaired) electrons. The molecule has 3 rings (SSSR count). The van der Waals surface area contributed by atoms with E-state index in [2.05, 4.69) is 38.3 Å². The Labute approximate surface area is 143 Å². The Morgan fingerprint density at radius 2 is 1.75 bits per heavy atom. The van der Waals surface area contributed by atoms with E-state index in [0.717, 1.165) is 50.8 Å². The fourth-order valence-corrected chi connectivity index (χ4v) is 3.35. The SMILES string of the molecule is Cc1nn(CCO)c(C)c1CN1CCN(Cc2nccn2C)CC1. The number of aliphatic hydroxyl groups is 1. The molecular formula is C17H28N6O. The fraction of sp³-hybridized carbons (Fsp3) is 0.647. The molecular weight excluding hydrogens is 304 g/mol. The van der Waals surface area contributed by atoms with E-state index in [1.165, 1.54) is 11.3 Å². The van der Waals surface area contributed by atoms with E-state index >= 15 is 0 Å². The van der Waals surface area contributed by atoms with Gasteiger partial charge in [-0.15, -0.1) is 0 Å². The van der Waals surface area contributed by atoms with Crippen LogP contribution in [0.25, 0.3) is 0 Å². The van der Waals surface area contributed by atoms with Crippen LogP contribution in [0, 0.1) is 13.8 Å². The van der Waals surface area contributed by atoms with Crippen LogP contribution < -0.4 is 0 Å². The van der Waals surface area contributed by atoms with Gasteiger partial charge < -0.3 is 9.67 Å². The van der Waals surface area contributed by atoms with Crippen molar-refractivity contribution in [2.45, 2.75) is 33.5 Å². The summed E-state index contributed by atoms with van der Waals surface area (Å²) >= 11 is 0. The highest BCUT2D eigenvalue weighted by molar-refractivity contribution is 5.24. The molecule has 0 unspecified atom stereocenters. The van der Waals surface area contributed by atoms with E-state index in [1.807, 2.05) is 24.1 Å². The largest absolute Gasteiger partial charge is 0.394 e. The van der Waals surface area contributed by atoms with Crippen molar-refractivity contribution in [1.82, 2.24) is 29.1 Å². The number of piperazine rings is 1. The molecule has 0 amide bonds. The van der Waals surface area contributed by atoms with E-state index in [4.69, 9.17) is 5.11 Å². The maximum Gasteiger partial charge on any atom is 0.122 e. The average molecular weight is 332 g/mol. The normalized spacial score (nSPS) is 16.8. The Bertz CT molecular complexity index is 669. The summed E-state index contributed by atoms with van der Waals surface area (Å²) in [6, 6.07) is 0. The van der Waals surface area contributed by atoms with E-state index in [9.17, 15) is 0 Å². The van der Waals surface area contributed by atoms with Crippen LogP contribution in [0.2, 0.25) is 0 Å². The molecule has 0 aliphatic carbocycles. The van der Waals surface area contributed by atoms with Crippen molar-refractivity contribution in [3.63, 3.8) is 0 Å². The molecule has 1 fully saturated rings. The van der Waals surface area contributed by atoms with Gasteiger partial charge in [0.2, 0.25) is 0 Å². The van der Waals surface area contributed by atoms with Gasteiger partial charge in [-0.2, -0.15) is 5.10 Å². The molecule has 0 spiro atoms. The zero-order valence-corrected chi connectivity index (χ0v) is 14.9. The molecule has 1 aliphatic rings. The molecule has 0 saturated carbocycles. The van der Waals surface area contributed by atoms with Crippen molar-refractivity contribution in [1.29, 1.82) is 0 Å². The molecule has 1 saturated heterocycles. The summed E-state index contributed by atoms with van der Waals surface area (Å²) in [4.78, 5) is 9.38. The third-order valence-electron chi connectivity index (χ3n) is 4.98. The Balaban J connectivity index is 1.55. The van der Waals surface area contributed by atoms with Crippen LogP contribution in [0.5, 0.6) is 0 Å². The number of hydrogen-bond donors (Lipinski definition) is 1. The molecule has 3 heterocycles. The van der Waals surface area contributed by atoms with E-state index in [-0.39, 0.29) is 6.61 Å². The number of imidazole rings is 1. The Morgan fingerprint density at radius 3 is 2.33 bits per heavy atom. The smallest absolute Gasteiger partial charge is 0.122 e. The maximum atomic E-state index is 9.14. The Kier molecular flexibility index (Phi) is 5.33. The Morgan fingerprint density at radius 1 is 1.08 bits per heavy atom. The summed E-state index contributed by atoms with van der Waals surface area (Å²) in [5.41, 5.74) is 3.56. The van der Waals surface area contributed by atoms with Crippen LogP contribution in [0.3, 0.4) is 0 Å². The van der Waals surface area contributed by atoms with Gasteiger partial charge in [0.05, 0.1) is 25.4 Å². The van der Waals surface area contributed by atoms with Crippen LogP contribution >= 0.6 is 0 Å². The number of aryl methyl sites for hydroxylation is 2. The lowest BCUT2D eigenvalue weighted by molar-refractivity contribution is 0.119. The second-order valence-electron chi connectivity index (χ2n) is 6.60. The van der Waals surface area contributed by atoms with Crippen molar-refractivity contribution in [2.24, 2.45) is 7.05 Å². The summed E-state index contributed by atoms with van der Waals surface area (Å²) in [6.45, 7) is 11.0. The maximum absolute atomic E-state index is 9.14. The first-order valence-corrected chi connectivity index (χ1v) is 8.63.